The third-order valence-corrected chi connectivity index (χ3v) is 5.01. The summed E-state index contributed by atoms with van der Waals surface area (Å²) in [6.07, 6.45) is 3.55. The van der Waals surface area contributed by atoms with Gasteiger partial charge >= 0.3 is 0 Å². The van der Waals surface area contributed by atoms with Gasteiger partial charge in [-0.05, 0) is 65.8 Å². The maximum Gasteiger partial charge on any atom is 0.259 e. The molecule has 2 aromatic rings. The minimum atomic E-state index is -0.0325. The number of rotatable bonds is 1. The smallest absolute Gasteiger partial charge is 0.259 e. The van der Waals surface area contributed by atoms with Gasteiger partial charge in [0.25, 0.3) is 5.91 Å². The van der Waals surface area contributed by atoms with Crippen LogP contribution in [0.15, 0.2) is 30.6 Å². The van der Waals surface area contributed by atoms with Gasteiger partial charge in [-0.25, -0.2) is 0 Å². The Morgan fingerprint density at radius 2 is 2.10 bits per heavy atom. The predicted octanol–water partition coefficient (Wildman–Crippen LogP) is 4.37. The van der Waals surface area contributed by atoms with Crippen molar-refractivity contribution in [2.45, 2.75) is 19.9 Å². The Labute approximate surface area is 136 Å². The Morgan fingerprint density at radius 3 is 2.85 bits per heavy atom. The molecular weight excluding hydrogens is 387 g/mol. The van der Waals surface area contributed by atoms with Crippen molar-refractivity contribution in [1.29, 1.82) is 0 Å². The number of carbonyl (C=O) groups excluding carboxylic acids is 1. The molecule has 0 fully saturated rings. The molecule has 0 N–H and O–H groups in total. The number of benzene rings is 1. The van der Waals surface area contributed by atoms with E-state index in [9.17, 15) is 4.79 Å². The number of aromatic nitrogens is 1. The molecule has 0 aliphatic carbocycles. The first-order valence-electron chi connectivity index (χ1n) is 6.24. The number of amides is 1. The molecule has 5 heteroatoms. The molecule has 1 aromatic heterocycles. The third-order valence-electron chi connectivity index (χ3n) is 3.69. The molecule has 0 saturated heterocycles. The molecule has 1 unspecified atom stereocenters. The summed E-state index contributed by atoms with van der Waals surface area (Å²) in [6.45, 7) is 4.02. The zero-order valence-corrected chi connectivity index (χ0v) is 13.9. The topological polar surface area (TPSA) is 33.2 Å². The molecular formula is C15H12ClIN2O. The van der Waals surface area contributed by atoms with Crippen LogP contribution < -0.4 is 4.90 Å². The highest BCUT2D eigenvalue weighted by Gasteiger charge is 2.36. The Hall–Kier alpha value is -1.14. The van der Waals surface area contributed by atoms with Crippen LogP contribution in [0.4, 0.5) is 5.69 Å². The number of anilines is 1. The van der Waals surface area contributed by atoms with E-state index in [1.54, 1.807) is 29.4 Å². The third kappa shape index (κ3) is 2.02. The fourth-order valence-electron chi connectivity index (χ4n) is 2.57. The van der Waals surface area contributed by atoms with Crippen molar-refractivity contribution in [1.82, 2.24) is 4.98 Å². The molecule has 1 amide bonds. The predicted molar refractivity (Wildman–Crippen MR) is 88.4 cm³/mol. The van der Waals surface area contributed by atoms with E-state index in [-0.39, 0.29) is 11.9 Å². The zero-order chi connectivity index (χ0) is 14.4. The number of carbonyl (C=O) groups is 1. The van der Waals surface area contributed by atoms with Gasteiger partial charge in [0.05, 0.1) is 17.9 Å². The fraction of sp³-hybridized carbons (Fsp3) is 0.200. The van der Waals surface area contributed by atoms with Crippen molar-refractivity contribution in [3.63, 3.8) is 0 Å². The van der Waals surface area contributed by atoms with Crippen LogP contribution in [0, 0.1) is 10.5 Å². The lowest BCUT2D eigenvalue weighted by molar-refractivity contribution is 0.0992. The second kappa shape index (κ2) is 5.00. The monoisotopic (exact) mass is 398 g/mol. The summed E-state index contributed by atoms with van der Waals surface area (Å²) < 4.78 is 1.05. The molecule has 2 heterocycles. The van der Waals surface area contributed by atoms with Crippen LogP contribution in [-0.4, -0.2) is 10.9 Å². The minimum Gasteiger partial charge on any atom is -0.299 e. The number of hydrogen-bond acceptors (Lipinski definition) is 2. The van der Waals surface area contributed by atoms with Crippen LogP contribution in [0.5, 0.6) is 0 Å². The normalized spacial score (nSPS) is 17.5. The molecule has 0 saturated carbocycles. The van der Waals surface area contributed by atoms with Crippen molar-refractivity contribution >= 4 is 45.8 Å². The van der Waals surface area contributed by atoms with Crippen molar-refractivity contribution in [2.24, 2.45) is 0 Å². The Kier molecular flexibility index (Phi) is 3.46. The molecule has 3 rings (SSSR count). The Morgan fingerprint density at radius 1 is 1.35 bits per heavy atom. The summed E-state index contributed by atoms with van der Waals surface area (Å²) >= 11 is 8.28. The van der Waals surface area contributed by atoms with E-state index in [4.69, 9.17) is 11.6 Å². The lowest BCUT2D eigenvalue weighted by atomic mass is 10.1. The lowest BCUT2D eigenvalue weighted by Crippen LogP contribution is -2.27. The Bertz CT molecular complexity index is 717. The number of pyridine rings is 1. The van der Waals surface area contributed by atoms with E-state index < -0.39 is 0 Å². The SMILES string of the molecule is Cc1c(I)cncc1N1C(=O)c2ccc(Cl)cc2C1C. The Balaban J connectivity index is 2.14. The molecule has 0 radical (unpaired) electrons. The first-order chi connectivity index (χ1) is 9.50. The highest BCUT2D eigenvalue weighted by atomic mass is 127. The van der Waals surface area contributed by atoms with Crippen LogP contribution in [0.1, 0.15) is 34.5 Å². The number of halogens is 2. The van der Waals surface area contributed by atoms with E-state index in [0.29, 0.717) is 5.02 Å². The molecule has 20 heavy (non-hydrogen) atoms. The number of hydrogen-bond donors (Lipinski definition) is 0. The van der Waals surface area contributed by atoms with E-state index in [1.807, 2.05) is 19.9 Å². The summed E-state index contributed by atoms with van der Waals surface area (Å²) in [4.78, 5) is 18.6. The molecule has 1 aliphatic heterocycles. The van der Waals surface area contributed by atoms with Crippen molar-refractivity contribution in [3.05, 3.63) is 55.9 Å². The van der Waals surface area contributed by atoms with Crippen molar-refractivity contribution in [2.75, 3.05) is 4.90 Å². The second-order valence-corrected chi connectivity index (χ2v) is 6.45. The van der Waals surface area contributed by atoms with Gasteiger partial charge in [0, 0.05) is 20.4 Å². The molecule has 0 bridgehead atoms. The van der Waals surface area contributed by atoms with Crippen LogP contribution in [-0.2, 0) is 0 Å². The summed E-state index contributed by atoms with van der Waals surface area (Å²) in [5, 5.41) is 0.655. The zero-order valence-electron chi connectivity index (χ0n) is 11.0. The summed E-state index contributed by atoms with van der Waals surface area (Å²) in [7, 11) is 0. The maximum absolute atomic E-state index is 12.6. The fourth-order valence-corrected chi connectivity index (χ4v) is 3.19. The largest absolute Gasteiger partial charge is 0.299 e. The standard InChI is InChI=1S/C15H12ClIN2O/c1-8-13(17)6-18-7-14(8)19-9(2)12-5-10(16)3-4-11(12)15(19)20/h3-7,9H,1-2H3. The van der Waals surface area contributed by atoms with Gasteiger partial charge in [-0.15, -0.1) is 0 Å². The molecule has 1 aliphatic rings. The van der Waals surface area contributed by atoms with Crippen LogP contribution >= 0.6 is 34.2 Å². The van der Waals surface area contributed by atoms with Crippen molar-refractivity contribution in [3.8, 4) is 0 Å². The highest BCUT2D eigenvalue weighted by molar-refractivity contribution is 14.1. The van der Waals surface area contributed by atoms with Gasteiger partial charge in [-0.3, -0.25) is 14.7 Å². The van der Waals surface area contributed by atoms with E-state index in [1.165, 1.54) is 0 Å². The van der Waals surface area contributed by atoms with Gasteiger partial charge < -0.3 is 0 Å². The summed E-state index contributed by atoms with van der Waals surface area (Å²) in [5.74, 6) is 0.0102. The minimum absolute atomic E-state index is 0.0102. The molecule has 102 valence electrons. The average molecular weight is 399 g/mol. The molecule has 1 aromatic carbocycles. The van der Waals surface area contributed by atoms with Gasteiger partial charge in [-0.1, -0.05) is 11.6 Å². The second-order valence-electron chi connectivity index (χ2n) is 4.85. The average Bonchev–Trinajstić information content (AvgIpc) is 2.65. The summed E-state index contributed by atoms with van der Waals surface area (Å²) in [6, 6.07) is 5.40. The lowest BCUT2D eigenvalue weighted by Gasteiger charge is -2.24. The maximum atomic E-state index is 12.6. The van der Waals surface area contributed by atoms with Gasteiger partial charge in [0.15, 0.2) is 0 Å². The quantitative estimate of drug-likeness (QED) is 0.668. The molecule has 1 atom stereocenters. The van der Waals surface area contributed by atoms with Gasteiger partial charge in [-0.2, -0.15) is 0 Å². The van der Waals surface area contributed by atoms with Crippen LogP contribution in [0.3, 0.4) is 0 Å². The van der Waals surface area contributed by atoms with E-state index >= 15 is 0 Å². The summed E-state index contributed by atoms with van der Waals surface area (Å²) in [5.41, 5.74) is 3.63. The highest BCUT2D eigenvalue weighted by Crippen LogP contribution is 2.39. The number of fused-ring (bicyclic) bond motifs is 1. The van der Waals surface area contributed by atoms with Crippen LogP contribution in [0.2, 0.25) is 5.02 Å². The molecule has 3 nitrogen and oxygen atoms in total. The first kappa shape index (κ1) is 13.8. The number of nitrogens with zero attached hydrogens (tertiary/aromatic N) is 2. The van der Waals surface area contributed by atoms with Crippen LogP contribution in [0.25, 0.3) is 0 Å². The molecule has 0 spiro atoms. The van der Waals surface area contributed by atoms with Gasteiger partial charge in [0.2, 0.25) is 0 Å². The van der Waals surface area contributed by atoms with E-state index in [0.717, 1.165) is 25.9 Å². The van der Waals surface area contributed by atoms with Crippen molar-refractivity contribution < 1.29 is 4.79 Å². The van der Waals surface area contributed by atoms with Gasteiger partial charge in [0.1, 0.15) is 0 Å². The van der Waals surface area contributed by atoms with E-state index in [2.05, 4.69) is 27.6 Å². The first-order valence-corrected chi connectivity index (χ1v) is 7.69.